The van der Waals surface area contributed by atoms with Gasteiger partial charge >= 0.3 is 6.18 Å². The van der Waals surface area contributed by atoms with Gasteiger partial charge in [-0.2, -0.15) is 13.2 Å². The molecule has 0 saturated heterocycles. The highest BCUT2D eigenvalue weighted by Gasteiger charge is 2.31. The molecule has 0 fully saturated rings. The third kappa shape index (κ3) is 3.11. The highest BCUT2D eigenvalue weighted by atomic mass is 35.5. The van der Waals surface area contributed by atoms with Crippen LogP contribution in [0.3, 0.4) is 0 Å². The molecule has 1 rings (SSSR count). The molecule has 0 bridgehead atoms. The normalized spacial score (nSPS) is 15.9. The van der Waals surface area contributed by atoms with Gasteiger partial charge in [0, 0.05) is 23.2 Å². The molecule has 0 radical (unpaired) electrons. The molecule has 0 aliphatic rings. The monoisotopic (exact) mass is 251 g/mol. The van der Waals surface area contributed by atoms with Gasteiger partial charge in [0.05, 0.1) is 5.56 Å². The van der Waals surface area contributed by atoms with Crippen LogP contribution in [-0.4, -0.2) is 10.4 Å². The number of hydrogen-bond acceptors (Lipinski definition) is 1. The molecule has 1 aromatic heterocycles. The van der Waals surface area contributed by atoms with Crippen molar-refractivity contribution in [1.29, 1.82) is 0 Å². The first-order valence-electron chi connectivity index (χ1n) is 5.03. The van der Waals surface area contributed by atoms with Crippen molar-refractivity contribution in [2.24, 2.45) is 0 Å². The van der Waals surface area contributed by atoms with Crippen molar-refractivity contribution < 1.29 is 13.2 Å². The highest BCUT2D eigenvalue weighted by Crippen LogP contribution is 2.31. The van der Waals surface area contributed by atoms with Crippen LogP contribution in [0.5, 0.6) is 0 Å². The Kier molecular flexibility index (Phi) is 4.19. The second-order valence-corrected chi connectivity index (χ2v) is 4.24. The SMILES string of the molecule is CCC(Cl)C(C)c1cc(C(F)(F)F)ccn1. The molecule has 16 heavy (non-hydrogen) atoms. The molecule has 0 aliphatic heterocycles. The van der Waals surface area contributed by atoms with Gasteiger partial charge in [0.1, 0.15) is 0 Å². The molecular weight excluding hydrogens is 239 g/mol. The van der Waals surface area contributed by atoms with E-state index in [1.807, 2.05) is 6.92 Å². The summed E-state index contributed by atoms with van der Waals surface area (Å²) in [6, 6.07) is 2.03. The predicted molar refractivity (Wildman–Crippen MR) is 57.6 cm³/mol. The van der Waals surface area contributed by atoms with Gasteiger partial charge in [0.25, 0.3) is 0 Å². The molecule has 0 N–H and O–H groups in total. The molecule has 5 heteroatoms. The average molecular weight is 252 g/mol. The van der Waals surface area contributed by atoms with E-state index in [-0.39, 0.29) is 11.3 Å². The van der Waals surface area contributed by atoms with Gasteiger partial charge in [-0.3, -0.25) is 4.98 Å². The van der Waals surface area contributed by atoms with E-state index in [4.69, 9.17) is 11.6 Å². The van der Waals surface area contributed by atoms with Crippen LogP contribution in [0.25, 0.3) is 0 Å². The van der Waals surface area contributed by atoms with Crippen LogP contribution in [0.4, 0.5) is 13.2 Å². The fourth-order valence-electron chi connectivity index (χ4n) is 1.41. The van der Waals surface area contributed by atoms with Crippen LogP contribution >= 0.6 is 11.6 Å². The Balaban J connectivity index is 2.99. The van der Waals surface area contributed by atoms with Crippen LogP contribution in [0, 0.1) is 0 Å². The number of aromatic nitrogens is 1. The lowest BCUT2D eigenvalue weighted by Crippen LogP contribution is -2.12. The Labute approximate surface area is 97.6 Å². The van der Waals surface area contributed by atoms with E-state index >= 15 is 0 Å². The van der Waals surface area contributed by atoms with Gasteiger partial charge < -0.3 is 0 Å². The maximum absolute atomic E-state index is 12.5. The third-order valence-electron chi connectivity index (χ3n) is 2.51. The molecule has 90 valence electrons. The van der Waals surface area contributed by atoms with Crippen LogP contribution in [0.2, 0.25) is 0 Å². The number of rotatable bonds is 3. The molecule has 1 heterocycles. The van der Waals surface area contributed by atoms with Crippen molar-refractivity contribution in [2.45, 2.75) is 37.7 Å². The first-order chi connectivity index (χ1) is 7.36. The lowest BCUT2D eigenvalue weighted by atomic mass is 9.99. The molecule has 2 unspecified atom stereocenters. The highest BCUT2D eigenvalue weighted by molar-refractivity contribution is 6.21. The van der Waals surface area contributed by atoms with E-state index in [2.05, 4.69) is 4.98 Å². The lowest BCUT2D eigenvalue weighted by Gasteiger charge is -2.17. The Morgan fingerprint density at radius 1 is 1.44 bits per heavy atom. The summed E-state index contributed by atoms with van der Waals surface area (Å²) in [5.74, 6) is -0.186. The van der Waals surface area contributed by atoms with E-state index < -0.39 is 11.7 Å². The van der Waals surface area contributed by atoms with Crippen molar-refractivity contribution in [2.75, 3.05) is 0 Å². The summed E-state index contributed by atoms with van der Waals surface area (Å²) >= 11 is 6.00. The van der Waals surface area contributed by atoms with Crippen molar-refractivity contribution in [3.05, 3.63) is 29.6 Å². The standard InChI is InChI=1S/C11H13ClF3N/c1-3-9(12)7(2)10-6-8(4-5-16-10)11(13,14)15/h4-7,9H,3H2,1-2H3. The number of halogens is 4. The topological polar surface area (TPSA) is 12.9 Å². The van der Waals surface area contributed by atoms with E-state index in [9.17, 15) is 13.2 Å². The van der Waals surface area contributed by atoms with Crippen LogP contribution in [-0.2, 0) is 6.18 Å². The summed E-state index contributed by atoms with van der Waals surface area (Å²) in [5, 5.41) is -0.198. The predicted octanol–water partition coefficient (Wildman–Crippen LogP) is 4.22. The minimum absolute atomic E-state index is 0.186. The zero-order chi connectivity index (χ0) is 12.3. The number of hydrogen-bond donors (Lipinski definition) is 0. The molecule has 2 atom stereocenters. The van der Waals surface area contributed by atoms with Crippen molar-refractivity contribution in [3.8, 4) is 0 Å². The van der Waals surface area contributed by atoms with Gasteiger partial charge in [-0.1, -0.05) is 13.8 Å². The van der Waals surface area contributed by atoms with Crippen LogP contribution in [0.1, 0.15) is 37.4 Å². The number of pyridine rings is 1. The Morgan fingerprint density at radius 3 is 2.56 bits per heavy atom. The van der Waals surface area contributed by atoms with E-state index in [0.717, 1.165) is 12.1 Å². The summed E-state index contributed by atoms with van der Waals surface area (Å²) in [4.78, 5) is 3.94. The van der Waals surface area contributed by atoms with Gasteiger partial charge in [-0.05, 0) is 18.6 Å². The maximum Gasteiger partial charge on any atom is 0.416 e. The van der Waals surface area contributed by atoms with Crippen LogP contribution in [0.15, 0.2) is 18.3 Å². The first-order valence-corrected chi connectivity index (χ1v) is 5.47. The Bertz CT molecular complexity index is 351. The maximum atomic E-state index is 12.5. The summed E-state index contributed by atoms with van der Waals surface area (Å²) < 4.78 is 37.4. The van der Waals surface area contributed by atoms with Crippen molar-refractivity contribution in [3.63, 3.8) is 0 Å². The zero-order valence-electron chi connectivity index (χ0n) is 9.05. The molecule has 0 aliphatic carbocycles. The number of alkyl halides is 4. The quantitative estimate of drug-likeness (QED) is 0.733. The van der Waals surface area contributed by atoms with E-state index in [0.29, 0.717) is 12.1 Å². The first kappa shape index (κ1) is 13.3. The second kappa shape index (κ2) is 5.04. The largest absolute Gasteiger partial charge is 0.416 e. The number of nitrogens with zero attached hydrogens (tertiary/aromatic N) is 1. The summed E-state index contributed by atoms with van der Waals surface area (Å²) in [6.07, 6.45) is -2.46. The molecule has 0 spiro atoms. The minimum Gasteiger partial charge on any atom is -0.261 e. The van der Waals surface area contributed by atoms with E-state index in [1.54, 1.807) is 6.92 Å². The van der Waals surface area contributed by atoms with Gasteiger partial charge in [-0.25, -0.2) is 0 Å². The van der Waals surface area contributed by atoms with Crippen LogP contribution < -0.4 is 0 Å². The summed E-state index contributed by atoms with van der Waals surface area (Å²) in [6.45, 7) is 3.67. The fourth-order valence-corrected chi connectivity index (χ4v) is 1.54. The van der Waals surface area contributed by atoms with Crippen molar-refractivity contribution in [1.82, 2.24) is 4.98 Å². The fraction of sp³-hybridized carbons (Fsp3) is 0.545. The second-order valence-electron chi connectivity index (χ2n) is 3.68. The molecule has 1 aromatic rings. The molecular formula is C11H13ClF3N. The summed E-state index contributed by atoms with van der Waals surface area (Å²) in [5.41, 5.74) is -0.291. The summed E-state index contributed by atoms with van der Waals surface area (Å²) in [7, 11) is 0. The van der Waals surface area contributed by atoms with Crippen molar-refractivity contribution >= 4 is 11.6 Å². The van der Waals surface area contributed by atoms with Gasteiger partial charge in [-0.15, -0.1) is 11.6 Å². The third-order valence-corrected chi connectivity index (χ3v) is 3.19. The molecule has 1 nitrogen and oxygen atoms in total. The average Bonchev–Trinajstić information content (AvgIpc) is 2.26. The molecule has 0 amide bonds. The Morgan fingerprint density at radius 2 is 2.06 bits per heavy atom. The zero-order valence-corrected chi connectivity index (χ0v) is 9.81. The van der Waals surface area contributed by atoms with E-state index in [1.165, 1.54) is 6.20 Å². The molecule has 0 saturated carbocycles. The Hall–Kier alpha value is -0.770. The van der Waals surface area contributed by atoms with Gasteiger partial charge in [0.15, 0.2) is 0 Å². The minimum atomic E-state index is -4.33. The smallest absolute Gasteiger partial charge is 0.261 e. The lowest BCUT2D eigenvalue weighted by molar-refractivity contribution is -0.137. The molecule has 0 aromatic carbocycles. The van der Waals surface area contributed by atoms with Gasteiger partial charge in [0.2, 0.25) is 0 Å².